The molecule has 7 heteroatoms. The van der Waals surface area contributed by atoms with Gasteiger partial charge in [-0.3, -0.25) is 4.79 Å². The van der Waals surface area contributed by atoms with Crippen LogP contribution >= 0.6 is 0 Å². The fourth-order valence-corrected chi connectivity index (χ4v) is 1.45. The van der Waals surface area contributed by atoms with Crippen molar-refractivity contribution in [1.82, 2.24) is 25.1 Å². The van der Waals surface area contributed by atoms with E-state index in [2.05, 4.69) is 20.4 Å². The van der Waals surface area contributed by atoms with Crippen LogP contribution in [0.15, 0.2) is 24.7 Å². The molecule has 0 atom stereocenters. The van der Waals surface area contributed by atoms with Crippen molar-refractivity contribution in [2.75, 3.05) is 13.6 Å². The topological polar surface area (TPSA) is 98.7 Å². The smallest absolute Gasteiger partial charge is 0.271 e. The van der Waals surface area contributed by atoms with Gasteiger partial charge in [0.1, 0.15) is 0 Å². The number of amides is 1. The van der Waals surface area contributed by atoms with E-state index in [1.165, 1.54) is 4.68 Å². The summed E-state index contributed by atoms with van der Waals surface area (Å²) in [5.74, 6) is 0.180. The number of hydrogen-bond donors (Lipinski definition) is 2. The first-order chi connectivity index (χ1) is 8.74. The van der Waals surface area contributed by atoms with Gasteiger partial charge in [-0.25, -0.2) is 14.6 Å². The number of rotatable bonds is 4. The highest BCUT2D eigenvalue weighted by molar-refractivity contribution is 5.91. The van der Waals surface area contributed by atoms with Crippen molar-refractivity contribution in [3.05, 3.63) is 35.9 Å². The molecule has 0 radical (unpaired) electrons. The molecule has 0 aliphatic heterocycles. The van der Waals surface area contributed by atoms with Crippen molar-refractivity contribution in [3.8, 4) is 5.95 Å². The minimum absolute atomic E-state index is 0.242. The second-order valence-electron chi connectivity index (χ2n) is 3.65. The average Bonchev–Trinajstić information content (AvgIpc) is 2.89. The van der Waals surface area contributed by atoms with Gasteiger partial charge in [0, 0.05) is 25.6 Å². The summed E-state index contributed by atoms with van der Waals surface area (Å²) in [6.07, 6.45) is 5.79. The Balaban J connectivity index is 2.20. The molecule has 2 heterocycles. The quantitative estimate of drug-likeness (QED) is 0.759. The van der Waals surface area contributed by atoms with Gasteiger partial charge in [0.25, 0.3) is 5.91 Å². The number of carbonyl (C=O) groups excluding carboxylic acids is 1. The lowest BCUT2D eigenvalue weighted by Gasteiger charge is -2.01. The lowest BCUT2D eigenvalue weighted by atomic mass is 10.2. The van der Waals surface area contributed by atoms with Gasteiger partial charge in [-0.1, -0.05) is 0 Å². The van der Waals surface area contributed by atoms with Crippen molar-refractivity contribution in [2.45, 2.75) is 6.42 Å². The second-order valence-corrected chi connectivity index (χ2v) is 3.65. The summed E-state index contributed by atoms with van der Waals surface area (Å²) in [7, 11) is 1.56. The zero-order chi connectivity index (χ0) is 13.0. The predicted octanol–water partition coefficient (Wildman–Crippen LogP) is -0.477. The molecule has 0 aromatic carbocycles. The number of nitrogens with zero attached hydrogens (tertiary/aromatic N) is 4. The van der Waals surface area contributed by atoms with Crippen molar-refractivity contribution >= 4 is 5.91 Å². The molecule has 0 unspecified atom stereocenters. The number of nitrogens with one attached hydrogen (secondary N) is 1. The number of nitrogens with two attached hydrogens (primary N) is 1. The fraction of sp³-hybridized carbons (Fsp3) is 0.273. The summed E-state index contributed by atoms with van der Waals surface area (Å²) in [6, 6.07) is 1.61. The monoisotopic (exact) mass is 246 g/mol. The van der Waals surface area contributed by atoms with E-state index < -0.39 is 0 Å². The van der Waals surface area contributed by atoms with Gasteiger partial charge in [-0.15, -0.1) is 0 Å². The Labute approximate surface area is 104 Å². The van der Waals surface area contributed by atoms with Gasteiger partial charge in [0.2, 0.25) is 5.95 Å². The highest BCUT2D eigenvalue weighted by Crippen LogP contribution is 2.03. The fourth-order valence-electron chi connectivity index (χ4n) is 1.45. The summed E-state index contributed by atoms with van der Waals surface area (Å²) in [5, 5.41) is 6.58. The maximum absolute atomic E-state index is 11.4. The van der Waals surface area contributed by atoms with Crippen LogP contribution in [0.2, 0.25) is 0 Å². The molecule has 0 aliphatic carbocycles. The van der Waals surface area contributed by atoms with Gasteiger partial charge in [0.05, 0.1) is 0 Å². The molecule has 0 spiro atoms. The summed E-state index contributed by atoms with van der Waals surface area (Å²) < 4.78 is 1.46. The maximum atomic E-state index is 11.4. The van der Waals surface area contributed by atoms with E-state index in [-0.39, 0.29) is 5.91 Å². The molecular weight excluding hydrogens is 232 g/mol. The van der Waals surface area contributed by atoms with Crippen LogP contribution in [0.4, 0.5) is 0 Å². The highest BCUT2D eigenvalue weighted by atomic mass is 16.1. The van der Waals surface area contributed by atoms with Crippen molar-refractivity contribution < 1.29 is 4.79 Å². The zero-order valence-corrected chi connectivity index (χ0v) is 10.00. The van der Waals surface area contributed by atoms with Crippen LogP contribution in [0.25, 0.3) is 5.95 Å². The largest absolute Gasteiger partial charge is 0.354 e. The molecule has 94 valence electrons. The van der Waals surface area contributed by atoms with E-state index in [0.29, 0.717) is 18.2 Å². The maximum Gasteiger partial charge on any atom is 0.271 e. The van der Waals surface area contributed by atoms with Crippen LogP contribution in [0.3, 0.4) is 0 Å². The zero-order valence-electron chi connectivity index (χ0n) is 10.00. The van der Waals surface area contributed by atoms with Gasteiger partial charge < -0.3 is 11.1 Å². The van der Waals surface area contributed by atoms with Crippen LogP contribution in [0.1, 0.15) is 16.1 Å². The Kier molecular flexibility index (Phi) is 3.63. The van der Waals surface area contributed by atoms with Gasteiger partial charge in [-0.2, -0.15) is 5.10 Å². The van der Waals surface area contributed by atoms with Crippen LogP contribution in [0.5, 0.6) is 0 Å². The Morgan fingerprint density at radius 1 is 1.44 bits per heavy atom. The Hall–Kier alpha value is -2.28. The highest BCUT2D eigenvalue weighted by Gasteiger charge is 2.09. The molecule has 2 aromatic rings. The van der Waals surface area contributed by atoms with Crippen LogP contribution in [-0.4, -0.2) is 39.2 Å². The number of carbonyl (C=O) groups is 1. The van der Waals surface area contributed by atoms with Gasteiger partial charge in [-0.05, 0) is 24.6 Å². The molecule has 0 fully saturated rings. The van der Waals surface area contributed by atoms with E-state index >= 15 is 0 Å². The first kappa shape index (κ1) is 12.2. The summed E-state index contributed by atoms with van der Waals surface area (Å²) in [4.78, 5) is 19.7. The van der Waals surface area contributed by atoms with Crippen LogP contribution in [0, 0.1) is 0 Å². The van der Waals surface area contributed by atoms with E-state index in [0.717, 1.165) is 12.0 Å². The first-order valence-electron chi connectivity index (χ1n) is 5.53. The third kappa shape index (κ3) is 2.51. The molecule has 2 rings (SSSR count). The second kappa shape index (κ2) is 5.37. The Morgan fingerprint density at radius 3 is 2.78 bits per heavy atom. The number of aromatic nitrogens is 4. The first-order valence-corrected chi connectivity index (χ1v) is 5.53. The summed E-state index contributed by atoms with van der Waals surface area (Å²) in [5.41, 5.74) is 6.74. The minimum atomic E-state index is -0.242. The predicted molar refractivity (Wildman–Crippen MR) is 65.3 cm³/mol. The molecule has 7 nitrogen and oxygen atoms in total. The lowest BCUT2D eigenvalue weighted by Crippen LogP contribution is -2.18. The van der Waals surface area contributed by atoms with Crippen LogP contribution in [-0.2, 0) is 6.42 Å². The van der Waals surface area contributed by atoms with Crippen molar-refractivity contribution in [1.29, 1.82) is 0 Å². The van der Waals surface area contributed by atoms with Gasteiger partial charge in [0.15, 0.2) is 5.69 Å². The van der Waals surface area contributed by atoms with Crippen molar-refractivity contribution in [3.63, 3.8) is 0 Å². The molecule has 0 aliphatic rings. The van der Waals surface area contributed by atoms with Crippen LogP contribution < -0.4 is 11.1 Å². The molecule has 0 bridgehead atoms. The molecule has 0 saturated carbocycles. The van der Waals surface area contributed by atoms with Gasteiger partial charge >= 0.3 is 0 Å². The lowest BCUT2D eigenvalue weighted by molar-refractivity contribution is 0.0957. The third-order valence-corrected chi connectivity index (χ3v) is 2.38. The Morgan fingerprint density at radius 2 is 2.17 bits per heavy atom. The third-order valence-electron chi connectivity index (χ3n) is 2.38. The number of hydrogen-bond acceptors (Lipinski definition) is 5. The average molecular weight is 246 g/mol. The summed E-state index contributed by atoms with van der Waals surface area (Å²) >= 11 is 0. The molecular formula is C11H14N6O. The van der Waals surface area contributed by atoms with E-state index in [9.17, 15) is 4.79 Å². The minimum Gasteiger partial charge on any atom is -0.354 e. The van der Waals surface area contributed by atoms with E-state index in [1.54, 1.807) is 31.7 Å². The summed E-state index contributed by atoms with van der Waals surface area (Å²) in [6.45, 7) is 0.561. The molecule has 0 saturated heterocycles. The van der Waals surface area contributed by atoms with Crippen molar-refractivity contribution in [2.24, 2.45) is 5.73 Å². The van der Waals surface area contributed by atoms with E-state index in [1.807, 2.05) is 0 Å². The van der Waals surface area contributed by atoms with E-state index in [4.69, 9.17) is 5.73 Å². The molecule has 18 heavy (non-hydrogen) atoms. The molecule has 1 amide bonds. The molecule has 3 N–H and O–H groups in total. The Bertz CT molecular complexity index is 533. The normalized spacial score (nSPS) is 10.3. The standard InChI is InChI=1S/C11H14N6O/c1-13-10(18)9-3-5-17(16-9)11-14-6-8(2-4-12)7-15-11/h3,5-7H,2,4,12H2,1H3,(H,13,18). The SMILES string of the molecule is CNC(=O)c1ccn(-c2ncc(CCN)cn2)n1. The molecule has 2 aromatic heterocycles.